The second-order valence-corrected chi connectivity index (χ2v) is 3.37. The first-order valence-electron chi connectivity index (χ1n) is 4.86. The average Bonchev–Trinajstić information content (AvgIpc) is 2.16. The van der Waals surface area contributed by atoms with Crippen LogP contribution in [-0.2, 0) is 6.42 Å². The molecule has 0 amide bonds. The van der Waals surface area contributed by atoms with Gasteiger partial charge in [-0.15, -0.1) is 0 Å². The van der Waals surface area contributed by atoms with Gasteiger partial charge in [-0.2, -0.15) is 13.2 Å². The molecule has 0 heterocycles. The van der Waals surface area contributed by atoms with Crippen LogP contribution in [0.2, 0.25) is 0 Å². The summed E-state index contributed by atoms with van der Waals surface area (Å²) in [6, 6.07) is 7.12. The standard InChI is InChI=1S/C12H13F3/c1-2-3-10-4-6-11(7-5-10)8-9-12(13,14)15/h4-9H,2-3H2,1H3. The molecular weight excluding hydrogens is 201 g/mol. The molecule has 0 aliphatic rings. The van der Waals surface area contributed by atoms with Gasteiger partial charge in [0.25, 0.3) is 0 Å². The van der Waals surface area contributed by atoms with Gasteiger partial charge in [-0.05, 0) is 17.5 Å². The first kappa shape index (κ1) is 11.8. The summed E-state index contributed by atoms with van der Waals surface area (Å²) in [6.45, 7) is 2.07. The highest BCUT2D eigenvalue weighted by Gasteiger charge is 2.21. The largest absolute Gasteiger partial charge is 0.409 e. The van der Waals surface area contributed by atoms with Crippen LogP contribution in [0.3, 0.4) is 0 Å². The highest BCUT2D eigenvalue weighted by atomic mass is 19.4. The Balaban J connectivity index is 2.68. The van der Waals surface area contributed by atoms with Crippen LogP contribution in [-0.4, -0.2) is 6.18 Å². The van der Waals surface area contributed by atoms with Gasteiger partial charge in [-0.1, -0.05) is 43.7 Å². The zero-order valence-corrected chi connectivity index (χ0v) is 8.51. The van der Waals surface area contributed by atoms with Crippen molar-refractivity contribution in [2.45, 2.75) is 25.9 Å². The molecule has 0 atom stereocenters. The smallest absolute Gasteiger partial charge is 0.167 e. The van der Waals surface area contributed by atoms with Crippen molar-refractivity contribution in [3.8, 4) is 0 Å². The molecule has 0 unspecified atom stereocenters. The summed E-state index contributed by atoms with van der Waals surface area (Å²) in [6.07, 6.45) is -0.902. The van der Waals surface area contributed by atoms with Crippen molar-refractivity contribution in [2.75, 3.05) is 0 Å². The Morgan fingerprint density at radius 3 is 2.20 bits per heavy atom. The second kappa shape index (κ2) is 5.01. The van der Waals surface area contributed by atoms with Gasteiger partial charge in [0, 0.05) is 6.08 Å². The van der Waals surface area contributed by atoms with E-state index in [1.165, 1.54) is 0 Å². The van der Waals surface area contributed by atoms with Crippen LogP contribution in [0.1, 0.15) is 24.5 Å². The van der Waals surface area contributed by atoms with Crippen molar-refractivity contribution in [3.05, 3.63) is 41.5 Å². The molecule has 0 aromatic heterocycles. The van der Waals surface area contributed by atoms with E-state index >= 15 is 0 Å². The molecule has 0 fully saturated rings. The lowest BCUT2D eigenvalue weighted by Gasteiger charge is -2.00. The van der Waals surface area contributed by atoms with E-state index in [4.69, 9.17) is 0 Å². The number of rotatable bonds is 3. The fourth-order valence-electron chi connectivity index (χ4n) is 1.27. The Hall–Kier alpha value is -1.25. The lowest BCUT2D eigenvalue weighted by atomic mass is 10.1. The fourth-order valence-corrected chi connectivity index (χ4v) is 1.27. The Labute approximate surface area is 87.4 Å². The maximum absolute atomic E-state index is 11.9. The monoisotopic (exact) mass is 214 g/mol. The van der Waals surface area contributed by atoms with Gasteiger partial charge in [0.15, 0.2) is 0 Å². The Kier molecular flexibility index (Phi) is 3.95. The maximum atomic E-state index is 11.9. The van der Waals surface area contributed by atoms with Crippen molar-refractivity contribution in [1.82, 2.24) is 0 Å². The van der Waals surface area contributed by atoms with E-state index in [1.807, 2.05) is 12.1 Å². The summed E-state index contributed by atoms with van der Waals surface area (Å²) in [4.78, 5) is 0. The highest BCUT2D eigenvalue weighted by Crippen LogP contribution is 2.18. The molecule has 82 valence electrons. The summed E-state index contributed by atoms with van der Waals surface area (Å²) >= 11 is 0. The summed E-state index contributed by atoms with van der Waals surface area (Å²) in [5.41, 5.74) is 1.73. The molecule has 0 saturated carbocycles. The van der Waals surface area contributed by atoms with Crippen LogP contribution < -0.4 is 0 Å². The van der Waals surface area contributed by atoms with E-state index in [9.17, 15) is 13.2 Å². The number of hydrogen-bond donors (Lipinski definition) is 0. The number of allylic oxidation sites excluding steroid dienone is 1. The normalized spacial score (nSPS) is 12.3. The summed E-state index contributed by atoms with van der Waals surface area (Å²) in [5.74, 6) is 0. The molecule has 0 bridgehead atoms. The van der Waals surface area contributed by atoms with Crippen LogP contribution in [0.5, 0.6) is 0 Å². The van der Waals surface area contributed by atoms with E-state index in [1.54, 1.807) is 12.1 Å². The van der Waals surface area contributed by atoms with Gasteiger partial charge in [-0.25, -0.2) is 0 Å². The quantitative estimate of drug-likeness (QED) is 0.706. The molecule has 0 nitrogen and oxygen atoms in total. The lowest BCUT2D eigenvalue weighted by molar-refractivity contribution is -0.0790. The maximum Gasteiger partial charge on any atom is 0.409 e. The Bertz CT molecular complexity index is 320. The van der Waals surface area contributed by atoms with Gasteiger partial charge in [0.2, 0.25) is 0 Å². The molecule has 1 aromatic carbocycles. The van der Waals surface area contributed by atoms with E-state index < -0.39 is 6.18 Å². The first-order valence-corrected chi connectivity index (χ1v) is 4.86. The van der Waals surface area contributed by atoms with Gasteiger partial charge in [-0.3, -0.25) is 0 Å². The number of hydrogen-bond acceptors (Lipinski definition) is 0. The number of benzene rings is 1. The first-order chi connectivity index (χ1) is 7.01. The van der Waals surface area contributed by atoms with E-state index in [0.717, 1.165) is 24.5 Å². The van der Waals surface area contributed by atoms with E-state index in [0.29, 0.717) is 5.56 Å². The van der Waals surface area contributed by atoms with E-state index in [2.05, 4.69) is 6.92 Å². The molecule has 0 aliphatic heterocycles. The zero-order chi connectivity index (χ0) is 11.3. The van der Waals surface area contributed by atoms with Gasteiger partial charge >= 0.3 is 6.18 Å². The molecule has 0 saturated heterocycles. The Morgan fingerprint density at radius 1 is 1.13 bits per heavy atom. The number of halogens is 3. The predicted molar refractivity (Wildman–Crippen MR) is 55.5 cm³/mol. The summed E-state index contributed by atoms with van der Waals surface area (Å²) in [7, 11) is 0. The minimum Gasteiger partial charge on any atom is -0.167 e. The SMILES string of the molecule is CCCc1ccc(C=CC(F)(F)F)cc1. The molecule has 0 spiro atoms. The third-order valence-corrected chi connectivity index (χ3v) is 1.98. The Morgan fingerprint density at radius 2 is 1.73 bits per heavy atom. The topological polar surface area (TPSA) is 0 Å². The van der Waals surface area contributed by atoms with E-state index in [-0.39, 0.29) is 6.08 Å². The van der Waals surface area contributed by atoms with Crippen LogP contribution in [0.15, 0.2) is 30.3 Å². The molecule has 0 radical (unpaired) electrons. The molecule has 1 rings (SSSR count). The van der Waals surface area contributed by atoms with Crippen molar-refractivity contribution < 1.29 is 13.2 Å². The molecule has 3 heteroatoms. The van der Waals surface area contributed by atoms with Crippen LogP contribution >= 0.6 is 0 Å². The van der Waals surface area contributed by atoms with Crippen molar-refractivity contribution in [2.24, 2.45) is 0 Å². The van der Waals surface area contributed by atoms with Crippen molar-refractivity contribution >= 4 is 6.08 Å². The van der Waals surface area contributed by atoms with Crippen molar-refractivity contribution in [3.63, 3.8) is 0 Å². The zero-order valence-electron chi connectivity index (χ0n) is 8.51. The predicted octanol–water partition coefficient (Wildman–Crippen LogP) is 4.21. The average molecular weight is 214 g/mol. The molecule has 0 N–H and O–H groups in total. The van der Waals surface area contributed by atoms with Crippen LogP contribution in [0, 0.1) is 0 Å². The minimum absolute atomic E-state index is 0.252. The van der Waals surface area contributed by atoms with Gasteiger partial charge < -0.3 is 0 Å². The van der Waals surface area contributed by atoms with Crippen LogP contribution in [0.25, 0.3) is 6.08 Å². The molecular formula is C12H13F3. The number of alkyl halides is 3. The van der Waals surface area contributed by atoms with Crippen molar-refractivity contribution in [1.29, 1.82) is 0 Å². The lowest BCUT2D eigenvalue weighted by Crippen LogP contribution is -2.00. The summed E-state index contributed by atoms with van der Waals surface area (Å²) in [5, 5.41) is 0. The molecule has 1 aromatic rings. The number of aryl methyl sites for hydroxylation is 1. The van der Waals surface area contributed by atoms with Crippen LogP contribution in [0.4, 0.5) is 13.2 Å². The molecule has 15 heavy (non-hydrogen) atoms. The third-order valence-electron chi connectivity index (χ3n) is 1.98. The van der Waals surface area contributed by atoms with Gasteiger partial charge in [0.1, 0.15) is 0 Å². The molecule has 0 aliphatic carbocycles. The summed E-state index contributed by atoms with van der Waals surface area (Å²) < 4.78 is 35.6. The third kappa shape index (κ3) is 4.68. The highest BCUT2D eigenvalue weighted by molar-refractivity contribution is 5.50. The fraction of sp³-hybridized carbons (Fsp3) is 0.333. The minimum atomic E-state index is -4.23. The second-order valence-electron chi connectivity index (χ2n) is 3.37. The van der Waals surface area contributed by atoms with Gasteiger partial charge in [0.05, 0.1) is 0 Å².